The highest BCUT2D eigenvalue weighted by atomic mass is 16.5. The molecule has 20 heavy (non-hydrogen) atoms. The van der Waals surface area contributed by atoms with E-state index in [4.69, 9.17) is 14.2 Å². The molecule has 1 aromatic carbocycles. The van der Waals surface area contributed by atoms with Gasteiger partial charge in [0.1, 0.15) is 0 Å². The van der Waals surface area contributed by atoms with Gasteiger partial charge in [0.2, 0.25) is 0 Å². The van der Waals surface area contributed by atoms with Gasteiger partial charge in [-0.3, -0.25) is 0 Å². The van der Waals surface area contributed by atoms with Gasteiger partial charge in [-0.05, 0) is 13.0 Å². The number of hydrogen-bond donors (Lipinski definition) is 1. The summed E-state index contributed by atoms with van der Waals surface area (Å²) in [4.78, 5) is 0. The second-order valence-corrected chi connectivity index (χ2v) is 4.88. The van der Waals surface area contributed by atoms with Gasteiger partial charge in [0, 0.05) is 37.8 Å². The minimum absolute atomic E-state index is 0.437. The third-order valence-electron chi connectivity index (χ3n) is 2.86. The van der Waals surface area contributed by atoms with Crippen LogP contribution >= 0.6 is 0 Å². The van der Waals surface area contributed by atoms with Crippen molar-refractivity contribution in [1.82, 2.24) is 5.32 Å². The van der Waals surface area contributed by atoms with Crippen LogP contribution in [-0.2, 0) is 11.3 Å². The lowest BCUT2D eigenvalue weighted by Gasteiger charge is -2.16. The van der Waals surface area contributed by atoms with E-state index in [9.17, 15) is 0 Å². The Bertz CT molecular complexity index is 380. The van der Waals surface area contributed by atoms with E-state index in [1.165, 1.54) is 0 Å². The molecule has 0 aromatic heterocycles. The molecule has 0 saturated carbocycles. The van der Waals surface area contributed by atoms with Crippen LogP contribution in [0.15, 0.2) is 18.2 Å². The van der Waals surface area contributed by atoms with E-state index in [-0.39, 0.29) is 0 Å². The van der Waals surface area contributed by atoms with Gasteiger partial charge in [0.05, 0.1) is 13.7 Å². The first-order valence-corrected chi connectivity index (χ1v) is 7.28. The molecule has 0 bridgehead atoms. The first kappa shape index (κ1) is 16.8. The van der Waals surface area contributed by atoms with E-state index in [1.54, 1.807) is 7.11 Å². The Kier molecular flexibility index (Phi) is 8.07. The molecule has 1 aromatic rings. The second-order valence-electron chi connectivity index (χ2n) is 4.88. The van der Waals surface area contributed by atoms with Crippen molar-refractivity contribution in [3.05, 3.63) is 23.8 Å². The number of nitrogens with one attached hydrogen (secondary N) is 1. The molecule has 114 valence electrons. The van der Waals surface area contributed by atoms with Crippen molar-refractivity contribution in [3.63, 3.8) is 0 Å². The lowest BCUT2D eigenvalue weighted by atomic mass is 10.1. The van der Waals surface area contributed by atoms with Crippen molar-refractivity contribution < 1.29 is 14.2 Å². The topological polar surface area (TPSA) is 39.7 Å². The Morgan fingerprint density at radius 2 is 2.00 bits per heavy atom. The Balaban J connectivity index is 2.63. The summed E-state index contributed by atoms with van der Waals surface area (Å²) >= 11 is 0. The predicted octanol–water partition coefficient (Wildman–Crippen LogP) is 3.00. The first-order chi connectivity index (χ1) is 9.69. The minimum atomic E-state index is 0.437. The third-order valence-corrected chi connectivity index (χ3v) is 2.86. The lowest BCUT2D eigenvalue weighted by molar-refractivity contribution is 0.130. The van der Waals surface area contributed by atoms with E-state index >= 15 is 0 Å². The monoisotopic (exact) mass is 281 g/mol. The van der Waals surface area contributed by atoms with Crippen molar-refractivity contribution >= 4 is 0 Å². The standard InChI is InChI=1S/C16H27NO3/c1-5-19-10-7-11-20-16-14(12-17-13(2)3)8-6-9-15(16)18-4/h6,8-9,13,17H,5,7,10-12H2,1-4H3. The first-order valence-electron chi connectivity index (χ1n) is 7.28. The molecule has 0 atom stereocenters. The normalized spacial score (nSPS) is 10.8. The molecule has 0 spiro atoms. The van der Waals surface area contributed by atoms with Crippen LogP contribution in [0.1, 0.15) is 32.8 Å². The molecular weight excluding hydrogens is 254 g/mol. The molecule has 4 nitrogen and oxygen atoms in total. The smallest absolute Gasteiger partial charge is 0.165 e. The van der Waals surface area contributed by atoms with E-state index in [0.29, 0.717) is 12.6 Å². The second kappa shape index (κ2) is 9.61. The van der Waals surface area contributed by atoms with Crippen LogP contribution in [0.4, 0.5) is 0 Å². The highest BCUT2D eigenvalue weighted by Gasteiger charge is 2.10. The number of hydrogen-bond acceptors (Lipinski definition) is 4. The van der Waals surface area contributed by atoms with E-state index in [0.717, 1.165) is 43.2 Å². The van der Waals surface area contributed by atoms with Gasteiger partial charge >= 0.3 is 0 Å². The van der Waals surface area contributed by atoms with Gasteiger partial charge in [-0.25, -0.2) is 0 Å². The van der Waals surface area contributed by atoms with Crippen molar-refractivity contribution in [2.24, 2.45) is 0 Å². The lowest BCUT2D eigenvalue weighted by Crippen LogP contribution is -2.22. The molecule has 0 aliphatic rings. The van der Waals surface area contributed by atoms with Gasteiger partial charge in [-0.1, -0.05) is 26.0 Å². The predicted molar refractivity (Wildman–Crippen MR) is 81.6 cm³/mol. The van der Waals surface area contributed by atoms with Gasteiger partial charge < -0.3 is 19.5 Å². The average Bonchev–Trinajstić information content (AvgIpc) is 2.45. The van der Waals surface area contributed by atoms with Crippen LogP contribution in [0.25, 0.3) is 0 Å². The summed E-state index contributed by atoms with van der Waals surface area (Å²) in [6.07, 6.45) is 0.878. The van der Waals surface area contributed by atoms with Gasteiger partial charge in [0.25, 0.3) is 0 Å². The molecule has 0 saturated heterocycles. The van der Waals surface area contributed by atoms with Gasteiger partial charge in [-0.15, -0.1) is 0 Å². The Morgan fingerprint density at radius 3 is 2.65 bits per heavy atom. The highest BCUT2D eigenvalue weighted by Crippen LogP contribution is 2.31. The van der Waals surface area contributed by atoms with Crippen LogP contribution in [0.3, 0.4) is 0 Å². The quantitative estimate of drug-likeness (QED) is 0.669. The molecule has 0 aliphatic heterocycles. The van der Waals surface area contributed by atoms with Crippen molar-refractivity contribution in [2.45, 2.75) is 39.8 Å². The zero-order chi connectivity index (χ0) is 14.8. The maximum Gasteiger partial charge on any atom is 0.165 e. The van der Waals surface area contributed by atoms with E-state index in [2.05, 4.69) is 25.2 Å². The Labute approximate surface area is 122 Å². The van der Waals surface area contributed by atoms with Crippen LogP contribution < -0.4 is 14.8 Å². The van der Waals surface area contributed by atoms with Gasteiger partial charge in [-0.2, -0.15) is 0 Å². The fourth-order valence-electron chi connectivity index (χ4n) is 1.82. The molecular formula is C16H27NO3. The largest absolute Gasteiger partial charge is 0.493 e. The van der Waals surface area contributed by atoms with Gasteiger partial charge in [0.15, 0.2) is 11.5 Å². The zero-order valence-electron chi connectivity index (χ0n) is 13.1. The maximum absolute atomic E-state index is 5.89. The molecule has 0 unspecified atom stereocenters. The molecule has 0 heterocycles. The minimum Gasteiger partial charge on any atom is -0.493 e. The fraction of sp³-hybridized carbons (Fsp3) is 0.625. The number of para-hydroxylation sites is 1. The molecule has 0 fully saturated rings. The fourth-order valence-corrected chi connectivity index (χ4v) is 1.82. The summed E-state index contributed by atoms with van der Waals surface area (Å²) in [6.45, 7) is 9.14. The van der Waals surface area contributed by atoms with Crippen LogP contribution in [0.2, 0.25) is 0 Å². The molecule has 4 heteroatoms. The molecule has 0 radical (unpaired) electrons. The molecule has 0 amide bonds. The number of rotatable bonds is 10. The number of benzene rings is 1. The summed E-state index contributed by atoms with van der Waals surface area (Å²) in [7, 11) is 1.67. The summed E-state index contributed by atoms with van der Waals surface area (Å²) in [5.41, 5.74) is 1.12. The molecule has 1 N–H and O–H groups in total. The highest BCUT2D eigenvalue weighted by molar-refractivity contribution is 5.46. The van der Waals surface area contributed by atoms with E-state index < -0.39 is 0 Å². The van der Waals surface area contributed by atoms with Crippen molar-refractivity contribution in [2.75, 3.05) is 26.9 Å². The van der Waals surface area contributed by atoms with Crippen LogP contribution in [0, 0.1) is 0 Å². The van der Waals surface area contributed by atoms with Crippen molar-refractivity contribution in [1.29, 1.82) is 0 Å². The number of methoxy groups -OCH3 is 1. The summed E-state index contributed by atoms with van der Waals surface area (Å²) in [6, 6.07) is 6.42. The Morgan fingerprint density at radius 1 is 1.20 bits per heavy atom. The number of ether oxygens (including phenoxy) is 3. The third kappa shape index (κ3) is 5.80. The molecule has 1 rings (SSSR count). The Hall–Kier alpha value is -1.26. The van der Waals surface area contributed by atoms with Crippen molar-refractivity contribution in [3.8, 4) is 11.5 Å². The summed E-state index contributed by atoms with van der Waals surface area (Å²) in [5.74, 6) is 1.61. The summed E-state index contributed by atoms with van der Waals surface area (Å²) in [5, 5.41) is 3.40. The van der Waals surface area contributed by atoms with Crippen LogP contribution in [0.5, 0.6) is 11.5 Å². The average molecular weight is 281 g/mol. The van der Waals surface area contributed by atoms with Crippen LogP contribution in [-0.4, -0.2) is 33.0 Å². The van der Waals surface area contributed by atoms with E-state index in [1.807, 2.05) is 19.1 Å². The zero-order valence-corrected chi connectivity index (χ0v) is 13.1. The molecule has 0 aliphatic carbocycles. The SMILES string of the molecule is CCOCCCOc1c(CNC(C)C)cccc1OC. The maximum atomic E-state index is 5.89. The summed E-state index contributed by atoms with van der Waals surface area (Å²) < 4.78 is 16.6.